The van der Waals surface area contributed by atoms with E-state index in [0.717, 1.165) is 11.3 Å². The summed E-state index contributed by atoms with van der Waals surface area (Å²) in [6.45, 7) is 0. The molecule has 0 fully saturated rings. The molecule has 2 amide bonds. The summed E-state index contributed by atoms with van der Waals surface area (Å²) in [6.07, 6.45) is 4.89. The van der Waals surface area contributed by atoms with Crippen LogP contribution in [0.1, 0.15) is 0 Å². The molecule has 4 aromatic rings. The Morgan fingerprint density at radius 3 is 2.31 bits per heavy atom. The fourth-order valence-corrected chi connectivity index (χ4v) is 2.58. The molecule has 26 heavy (non-hydrogen) atoms. The highest BCUT2D eigenvalue weighted by Crippen LogP contribution is 2.23. The smallest absolute Gasteiger partial charge is 0.308 e. The first kappa shape index (κ1) is 15.7. The minimum absolute atomic E-state index is 0.364. The fraction of sp³-hybridized carbons (Fsp3) is 0. The number of hydrogen-bond donors (Lipinski definition) is 2. The Hall–Kier alpha value is -3.80. The largest absolute Gasteiger partial charge is 0.323 e. The number of rotatable bonds is 3. The first-order chi connectivity index (χ1) is 12.8. The van der Waals surface area contributed by atoms with Crippen molar-refractivity contribution in [3.63, 3.8) is 0 Å². The predicted molar refractivity (Wildman–Crippen MR) is 102 cm³/mol. The van der Waals surface area contributed by atoms with E-state index >= 15 is 0 Å². The maximum absolute atomic E-state index is 12.3. The summed E-state index contributed by atoms with van der Waals surface area (Å²) in [5, 5.41) is 5.57. The molecule has 0 saturated heterocycles. The van der Waals surface area contributed by atoms with E-state index in [2.05, 4.69) is 25.6 Å². The molecule has 0 bridgehead atoms. The Bertz CT molecular complexity index is 1050. The van der Waals surface area contributed by atoms with E-state index in [4.69, 9.17) is 0 Å². The first-order valence-electron chi connectivity index (χ1n) is 8.09. The van der Waals surface area contributed by atoms with Crippen molar-refractivity contribution in [2.75, 3.05) is 10.6 Å². The average molecular weight is 341 g/mol. The van der Waals surface area contributed by atoms with Crippen molar-refractivity contribution in [1.82, 2.24) is 15.0 Å². The number of aromatic nitrogens is 3. The third kappa shape index (κ3) is 3.34. The number of pyridine rings is 1. The van der Waals surface area contributed by atoms with Crippen LogP contribution >= 0.6 is 0 Å². The zero-order valence-corrected chi connectivity index (χ0v) is 13.8. The Balaban J connectivity index is 1.65. The van der Waals surface area contributed by atoms with Gasteiger partial charge >= 0.3 is 6.03 Å². The summed E-state index contributed by atoms with van der Waals surface area (Å²) in [5.41, 5.74) is 4.09. The van der Waals surface area contributed by atoms with Crippen molar-refractivity contribution in [2.24, 2.45) is 0 Å². The van der Waals surface area contributed by atoms with Gasteiger partial charge < -0.3 is 10.6 Å². The van der Waals surface area contributed by atoms with Crippen LogP contribution in [0.25, 0.3) is 22.3 Å². The lowest BCUT2D eigenvalue weighted by Crippen LogP contribution is -2.19. The molecule has 6 nitrogen and oxygen atoms in total. The van der Waals surface area contributed by atoms with Gasteiger partial charge in [-0.1, -0.05) is 48.5 Å². The molecule has 0 aliphatic heterocycles. The van der Waals surface area contributed by atoms with Crippen molar-refractivity contribution in [3.8, 4) is 11.3 Å². The van der Waals surface area contributed by atoms with Crippen molar-refractivity contribution < 1.29 is 4.79 Å². The second kappa shape index (κ2) is 6.98. The lowest BCUT2D eigenvalue weighted by Gasteiger charge is -2.10. The Morgan fingerprint density at radius 2 is 1.54 bits per heavy atom. The van der Waals surface area contributed by atoms with Crippen LogP contribution in [0.15, 0.2) is 79.3 Å². The van der Waals surface area contributed by atoms with E-state index in [0.29, 0.717) is 22.4 Å². The van der Waals surface area contributed by atoms with Gasteiger partial charge in [0, 0.05) is 11.3 Å². The molecule has 0 atom stereocenters. The molecule has 2 aromatic carbocycles. The molecular weight excluding hydrogens is 326 g/mol. The normalized spacial score (nSPS) is 10.5. The monoisotopic (exact) mass is 341 g/mol. The molecule has 0 radical (unpaired) electrons. The van der Waals surface area contributed by atoms with Gasteiger partial charge in [-0.3, -0.25) is 9.97 Å². The molecule has 0 aliphatic carbocycles. The zero-order chi connectivity index (χ0) is 17.8. The number of fused-ring (bicyclic) bond motifs is 1. The van der Waals surface area contributed by atoms with Crippen molar-refractivity contribution >= 4 is 28.4 Å². The van der Waals surface area contributed by atoms with E-state index in [1.807, 2.05) is 60.7 Å². The van der Waals surface area contributed by atoms with E-state index in [9.17, 15) is 4.79 Å². The van der Waals surface area contributed by atoms with Gasteiger partial charge in [-0.05, 0) is 12.1 Å². The Labute approximate surface area is 150 Å². The van der Waals surface area contributed by atoms with Gasteiger partial charge in [0.2, 0.25) is 0 Å². The van der Waals surface area contributed by atoms with Gasteiger partial charge in [0.05, 0.1) is 30.0 Å². The van der Waals surface area contributed by atoms with E-state index in [1.54, 1.807) is 18.6 Å². The van der Waals surface area contributed by atoms with E-state index in [1.165, 1.54) is 0 Å². The topological polar surface area (TPSA) is 79.8 Å². The number of carbonyl (C=O) groups excluding carboxylic acids is 1. The summed E-state index contributed by atoms with van der Waals surface area (Å²) in [7, 11) is 0. The highest BCUT2D eigenvalue weighted by molar-refractivity contribution is 6.04. The van der Waals surface area contributed by atoms with Gasteiger partial charge in [0.15, 0.2) is 0 Å². The number of para-hydroxylation sites is 1. The molecule has 2 aromatic heterocycles. The fourth-order valence-electron chi connectivity index (χ4n) is 2.58. The van der Waals surface area contributed by atoms with E-state index in [-0.39, 0.29) is 6.03 Å². The van der Waals surface area contributed by atoms with E-state index < -0.39 is 0 Å². The molecule has 6 heteroatoms. The highest BCUT2D eigenvalue weighted by atomic mass is 16.2. The van der Waals surface area contributed by atoms with Crippen LogP contribution in [-0.4, -0.2) is 21.0 Å². The number of urea groups is 1. The van der Waals surface area contributed by atoms with Crippen LogP contribution in [0.2, 0.25) is 0 Å². The van der Waals surface area contributed by atoms with Crippen molar-refractivity contribution in [3.05, 3.63) is 79.3 Å². The van der Waals surface area contributed by atoms with Crippen LogP contribution in [0.3, 0.4) is 0 Å². The molecule has 4 rings (SSSR count). The summed E-state index contributed by atoms with van der Waals surface area (Å²) in [5.74, 6) is 0. The average Bonchev–Trinajstić information content (AvgIpc) is 2.69. The maximum atomic E-state index is 12.3. The molecule has 126 valence electrons. The van der Waals surface area contributed by atoms with Crippen LogP contribution in [0.5, 0.6) is 0 Å². The number of anilines is 2. The number of benzene rings is 2. The van der Waals surface area contributed by atoms with Crippen LogP contribution in [0, 0.1) is 0 Å². The lowest BCUT2D eigenvalue weighted by molar-refractivity contribution is 0.262. The third-order valence-corrected chi connectivity index (χ3v) is 3.81. The predicted octanol–water partition coefficient (Wildman–Crippen LogP) is 4.34. The molecule has 0 saturated carbocycles. The molecule has 0 spiro atoms. The maximum Gasteiger partial charge on any atom is 0.323 e. The molecule has 0 aliphatic rings. The minimum Gasteiger partial charge on any atom is -0.308 e. The van der Waals surface area contributed by atoms with Crippen molar-refractivity contribution in [2.45, 2.75) is 0 Å². The van der Waals surface area contributed by atoms with Gasteiger partial charge in [0.25, 0.3) is 0 Å². The second-order valence-electron chi connectivity index (χ2n) is 5.62. The van der Waals surface area contributed by atoms with Crippen LogP contribution < -0.4 is 10.6 Å². The standard InChI is InChI=1S/C20H15N5O/c26-20(23-15-9-5-2-6-10-15)25-18-12-21-11-17-19(18)24-16(13-22-17)14-7-3-1-4-8-14/h1-13H,(H2,23,25,26). The molecule has 2 N–H and O–H groups in total. The zero-order valence-electron chi connectivity index (χ0n) is 13.8. The van der Waals surface area contributed by atoms with Gasteiger partial charge in [0.1, 0.15) is 11.0 Å². The third-order valence-electron chi connectivity index (χ3n) is 3.81. The van der Waals surface area contributed by atoms with Crippen LogP contribution in [0.4, 0.5) is 16.2 Å². The Kier molecular flexibility index (Phi) is 4.22. The Morgan fingerprint density at radius 1 is 0.808 bits per heavy atom. The minimum atomic E-state index is -0.364. The van der Waals surface area contributed by atoms with Gasteiger partial charge in [-0.25, -0.2) is 9.78 Å². The summed E-state index contributed by atoms with van der Waals surface area (Å²) < 4.78 is 0. The molecule has 0 unspecified atom stereocenters. The summed E-state index contributed by atoms with van der Waals surface area (Å²) >= 11 is 0. The van der Waals surface area contributed by atoms with Gasteiger partial charge in [-0.2, -0.15) is 0 Å². The van der Waals surface area contributed by atoms with Crippen LogP contribution in [-0.2, 0) is 0 Å². The molecular formula is C20H15N5O. The number of amides is 2. The number of nitrogens with zero attached hydrogens (tertiary/aromatic N) is 3. The number of carbonyl (C=O) groups is 1. The summed E-state index contributed by atoms with van der Waals surface area (Å²) in [6, 6.07) is 18.6. The second-order valence-corrected chi connectivity index (χ2v) is 5.62. The summed E-state index contributed by atoms with van der Waals surface area (Å²) in [4.78, 5) is 25.5. The number of hydrogen-bond acceptors (Lipinski definition) is 4. The van der Waals surface area contributed by atoms with Crippen molar-refractivity contribution in [1.29, 1.82) is 0 Å². The SMILES string of the molecule is O=C(Nc1ccccc1)Nc1cncc2ncc(-c3ccccc3)nc12. The van der Waals surface area contributed by atoms with Gasteiger partial charge in [-0.15, -0.1) is 0 Å². The number of nitrogens with one attached hydrogen (secondary N) is 2. The first-order valence-corrected chi connectivity index (χ1v) is 8.09. The quantitative estimate of drug-likeness (QED) is 0.581. The molecule has 2 heterocycles. The lowest BCUT2D eigenvalue weighted by atomic mass is 10.1. The highest BCUT2D eigenvalue weighted by Gasteiger charge is 2.10.